The highest BCUT2D eigenvalue weighted by atomic mass is 32.2. The molecule has 0 aromatic rings. The van der Waals surface area contributed by atoms with Gasteiger partial charge in [0.15, 0.2) is 9.84 Å². The minimum Gasteiger partial charge on any atom is -0.331 e. The van der Waals surface area contributed by atoms with Gasteiger partial charge in [0.1, 0.15) is 0 Å². The third kappa shape index (κ3) is 10.4. The van der Waals surface area contributed by atoms with Crippen LogP contribution >= 0.6 is 0 Å². The molecule has 0 aromatic carbocycles. The van der Waals surface area contributed by atoms with Gasteiger partial charge < -0.3 is 10.2 Å². The normalized spacial score (nSPS) is 14.1. The molecule has 0 aliphatic carbocycles. The molecule has 0 unspecified atom stereocenters. The minimum atomic E-state index is -2.93. The van der Waals surface area contributed by atoms with Crippen LogP contribution in [-0.2, 0) is 9.84 Å². The smallest absolute Gasteiger partial charge is 0.150 e. The highest BCUT2D eigenvalue weighted by Crippen LogP contribution is 2.08. The fourth-order valence-corrected chi connectivity index (χ4v) is 2.89. The molecule has 98 valence electrons. The zero-order chi connectivity index (χ0) is 13.0. The first kappa shape index (κ1) is 15.9. The summed E-state index contributed by atoms with van der Waals surface area (Å²) in [6.45, 7) is 4.59. The Morgan fingerprint density at radius 2 is 1.62 bits per heavy atom. The van der Waals surface area contributed by atoms with Crippen LogP contribution in [0.5, 0.6) is 0 Å². The summed E-state index contributed by atoms with van der Waals surface area (Å²) in [5, 5.41) is 0. The molecule has 0 fully saturated rings. The third-order valence-electron chi connectivity index (χ3n) is 2.34. The fraction of sp³-hybridized carbons (Fsp3) is 1.00. The lowest BCUT2D eigenvalue weighted by atomic mass is 10.0. The van der Waals surface area contributed by atoms with E-state index in [1.165, 1.54) is 0 Å². The van der Waals surface area contributed by atoms with Crippen LogP contribution in [0.2, 0.25) is 0 Å². The maximum atomic E-state index is 11.7. The second-order valence-electron chi connectivity index (χ2n) is 6.26. The van der Waals surface area contributed by atoms with Crippen LogP contribution in [0.25, 0.3) is 0 Å². The van der Waals surface area contributed by atoms with Crippen LogP contribution in [-0.4, -0.2) is 57.6 Å². The SMILES string of the molecule is CC(C)(N)CCS(=O)(=O)CCC[N+](C)(C)C. The van der Waals surface area contributed by atoms with Gasteiger partial charge >= 0.3 is 0 Å². The van der Waals surface area contributed by atoms with E-state index in [0.29, 0.717) is 6.42 Å². The van der Waals surface area contributed by atoms with Gasteiger partial charge in [0.25, 0.3) is 0 Å². The fourth-order valence-electron chi connectivity index (χ4n) is 1.28. The zero-order valence-electron chi connectivity index (χ0n) is 11.3. The summed E-state index contributed by atoms with van der Waals surface area (Å²) in [6, 6.07) is 0. The Balaban J connectivity index is 3.99. The average Bonchev–Trinajstić information content (AvgIpc) is 1.97. The van der Waals surface area contributed by atoms with Crippen LogP contribution < -0.4 is 5.73 Å². The van der Waals surface area contributed by atoms with Gasteiger partial charge in [-0.3, -0.25) is 0 Å². The van der Waals surface area contributed by atoms with Crippen molar-refractivity contribution in [3.63, 3.8) is 0 Å². The van der Waals surface area contributed by atoms with Gasteiger partial charge in [0.05, 0.1) is 39.2 Å². The standard InChI is InChI=1S/C11H27N2O2S/c1-11(2,12)7-10-16(14,15)9-6-8-13(3,4)5/h6-10,12H2,1-5H3/q+1. The molecule has 0 atom stereocenters. The van der Waals surface area contributed by atoms with Crippen molar-refractivity contribution in [1.29, 1.82) is 0 Å². The molecule has 0 rings (SSSR count). The molecule has 0 saturated carbocycles. The third-order valence-corrected chi connectivity index (χ3v) is 4.08. The van der Waals surface area contributed by atoms with E-state index in [0.717, 1.165) is 17.4 Å². The Bertz CT molecular complexity index is 297. The minimum absolute atomic E-state index is 0.202. The quantitative estimate of drug-likeness (QED) is 0.675. The summed E-state index contributed by atoms with van der Waals surface area (Å²) in [5.41, 5.74) is 5.38. The molecule has 0 spiro atoms. The first-order valence-electron chi connectivity index (χ1n) is 5.71. The highest BCUT2D eigenvalue weighted by molar-refractivity contribution is 7.91. The van der Waals surface area contributed by atoms with Gasteiger partial charge in [-0.05, 0) is 20.3 Å². The number of quaternary nitrogens is 1. The van der Waals surface area contributed by atoms with E-state index in [9.17, 15) is 8.42 Å². The molecule has 0 aliphatic heterocycles. The van der Waals surface area contributed by atoms with E-state index in [2.05, 4.69) is 21.1 Å². The Kier molecular flexibility index (Phi) is 5.42. The monoisotopic (exact) mass is 251 g/mol. The Labute approximate surface area is 100 Å². The summed E-state index contributed by atoms with van der Waals surface area (Å²) >= 11 is 0. The number of rotatable bonds is 7. The van der Waals surface area contributed by atoms with E-state index < -0.39 is 15.4 Å². The molecule has 16 heavy (non-hydrogen) atoms. The van der Waals surface area contributed by atoms with E-state index in [1.807, 2.05) is 13.8 Å². The molecule has 0 aromatic heterocycles. The lowest BCUT2D eigenvalue weighted by molar-refractivity contribution is -0.870. The maximum absolute atomic E-state index is 11.7. The van der Waals surface area contributed by atoms with Crippen LogP contribution in [0.1, 0.15) is 26.7 Å². The first-order valence-corrected chi connectivity index (χ1v) is 7.53. The molecular weight excluding hydrogens is 224 g/mol. The van der Waals surface area contributed by atoms with Crippen molar-refractivity contribution in [3.8, 4) is 0 Å². The number of hydrogen-bond donors (Lipinski definition) is 1. The summed E-state index contributed by atoms with van der Waals surface area (Å²) in [6.07, 6.45) is 1.25. The Hall–Kier alpha value is -0.130. The van der Waals surface area contributed by atoms with Gasteiger partial charge in [-0.1, -0.05) is 0 Å². The second kappa shape index (κ2) is 5.47. The van der Waals surface area contributed by atoms with Crippen molar-refractivity contribution in [2.24, 2.45) is 5.73 Å². The van der Waals surface area contributed by atoms with E-state index in [1.54, 1.807) is 0 Å². The highest BCUT2D eigenvalue weighted by Gasteiger charge is 2.18. The lowest BCUT2D eigenvalue weighted by Gasteiger charge is -2.23. The van der Waals surface area contributed by atoms with Crippen molar-refractivity contribution < 1.29 is 12.9 Å². The van der Waals surface area contributed by atoms with Gasteiger partial charge in [-0.2, -0.15) is 0 Å². The summed E-state index contributed by atoms with van der Waals surface area (Å²) < 4.78 is 24.2. The van der Waals surface area contributed by atoms with Crippen LogP contribution in [0, 0.1) is 0 Å². The van der Waals surface area contributed by atoms with Crippen molar-refractivity contribution >= 4 is 9.84 Å². The molecule has 0 saturated heterocycles. The number of sulfone groups is 1. The van der Waals surface area contributed by atoms with Crippen molar-refractivity contribution in [2.75, 3.05) is 39.2 Å². The zero-order valence-corrected chi connectivity index (χ0v) is 12.1. The summed E-state index contributed by atoms with van der Waals surface area (Å²) in [5.74, 6) is 0.478. The Morgan fingerprint density at radius 1 is 1.12 bits per heavy atom. The van der Waals surface area contributed by atoms with Gasteiger partial charge in [0.2, 0.25) is 0 Å². The van der Waals surface area contributed by atoms with E-state index in [-0.39, 0.29) is 11.5 Å². The van der Waals surface area contributed by atoms with Crippen LogP contribution in [0.4, 0.5) is 0 Å². The molecule has 2 N–H and O–H groups in total. The van der Waals surface area contributed by atoms with Gasteiger partial charge in [-0.25, -0.2) is 8.42 Å². The number of nitrogens with zero attached hydrogens (tertiary/aromatic N) is 1. The molecule has 0 amide bonds. The summed E-state index contributed by atoms with van der Waals surface area (Å²) in [4.78, 5) is 0. The molecule has 0 bridgehead atoms. The second-order valence-corrected chi connectivity index (χ2v) is 8.56. The number of nitrogens with two attached hydrogens (primary N) is 1. The average molecular weight is 251 g/mol. The molecule has 0 radical (unpaired) electrons. The molecular formula is C11H27N2O2S+. The molecule has 5 heteroatoms. The largest absolute Gasteiger partial charge is 0.331 e. The van der Waals surface area contributed by atoms with Crippen molar-refractivity contribution in [1.82, 2.24) is 0 Å². The van der Waals surface area contributed by atoms with E-state index >= 15 is 0 Å². The van der Waals surface area contributed by atoms with Crippen molar-refractivity contribution in [3.05, 3.63) is 0 Å². The van der Waals surface area contributed by atoms with Crippen LogP contribution in [0.15, 0.2) is 0 Å². The Morgan fingerprint density at radius 3 is 2.00 bits per heavy atom. The first-order chi connectivity index (χ1) is 6.91. The number of hydrogen-bond acceptors (Lipinski definition) is 3. The van der Waals surface area contributed by atoms with Crippen LogP contribution in [0.3, 0.4) is 0 Å². The topological polar surface area (TPSA) is 60.2 Å². The molecule has 0 heterocycles. The van der Waals surface area contributed by atoms with Gasteiger partial charge in [0, 0.05) is 12.0 Å². The lowest BCUT2D eigenvalue weighted by Crippen LogP contribution is -2.37. The van der Waals surface area contributed by atoms with Gasteiger partial charge in [-0.15, -0.1) is 0 Å². The molecule has 0 aliphatic rings. The predicted molar refractivity (Wildman–Crippen MR) is 69.1 cm³/mol. The maximum Gasteiger partial charge on any atom is 0.150 e. The predicted octanol–water partition coefficient (Wildman–Crippen LogP) is 0.625. The summed E-state index contributed by atoms with van der Waals surface area (Å²) in [7, 11) is 3.27. The van der Waals surface area contributed by atoms with Crippen molar-refractivity contribution in [2.45, 2.75) is 32.2 Å². The van der Waals surface area contributed by atoms with E-state index in [4.69, 9.17) is 5.73 Å². The molecule has 4 nitrogen and oxygen atoms in total.